The topological polar surface area (TPSA) is 70.1 Å². The summed E-state index contributed by atoms with van der Waals surface area (Å²) in [5, 5.41) is 16.0. The monoisotopic (exact) mass is 280 g/mol. The molecule has 0 fully saturated rings. The Morgan fingerprint density at radius 1 is 1.20 bits per heavy atom. The Hall–Kier alpha value is -1.36. The van der Waals surface area contributed by atoms with Crippen LogP contribution in [0.3, 0.4) is 0 Å². The maximum absolute atomic E-state index is 9.19. The summed E-state index contributed by atoms with van der Waals surface area (Å²) in [5.74, 6) is 2.25. The molecule has 0 aliphatic heterocycles. The minimum Gasteiger partial charge on any atom is -0.396 e. The first-order chi connectivity index (χ1) is 9.63. The van der Waals surface area contributed by atoms with Crippen LogP contribution in [0, 0.1) is 5.92 Å². The van der Waals surface area contributed by atoms with Gasteiger partial charge in [0.25, 0.3) is 0 Å². The molecule has 0 spiro atoms. The van der Waals surface area contributed by atoms with E-state index in [1.807, 2.05) is 0 Å². The van der Waals surface area contributed by atoms with Crippen molar-refractivity contribution >= 4 is 11.6 Å². The molecular formula is C15H28N4O. The number of rotatable bonds is 9. The maximum Gasteiger partial charge on any atom is 0.134 e. The molecule has 1 aromatic heterocycles. The predicted octanol–water partition coefficient (Wildman–Crippen LogP) is 2.68. The fraction of sp³-hybridized carbons (Fsp3) is 0.733. The Morgan fingerprint density at radius 2 is 1.90 bits per heavy atom. The molecule has 0 amide bonds. The van der Waals surface area contributed by atoms with E-state index in [4.69, 9.17) is 0 Å². The van der Waals surface area contributed by atoms with Crippen molar-refractivity contribution < 1.29 is 5.11 Å². The van der Waals surface area contributed by atoms with E-state index in [0.29, 0.717) is 5.92 Å². The van der Waals surface area contributed by atoms with Crippen molar-refractivity contribution in [1.29, 1.82) is 0 Å². The quantitative estimate of drug-likeness (QED) is 0.649. The van der Waals surface area contributed by atoms with Crippen molar-refractivity contribution in [3.05, 3.63) is 11.9 Å². The van der Waals surface area contributed by atoms with Gasteiger partial charge in [-0.1, -0.05) is 27.2 Å². The highest BCUT2D eigenvalue weighted by Crippen LogP contribution is 2.24. The van der Waals surface area contributed by atoms with Gasteiger partial charge in [-0.05, 0) is 25.7 Å². The fourth-order valence-corrected chi connectivity index (χ4v) is 2.23. The molecule has 1 rings (SSSR count). The minimum atomic E-state index is 0.185. The van der Waals surface area contributed by atoms with Gasteiger partial charge in [0.15, 0.2) is 0 Å². The Balaban J connectivity index is 2.99. The van der Waals surface area contributed by atoms with Crippen molar-refractivity contribution in [3.8, 4) is 0 Å². The van der Waals surface area contributed by atoms with Crippen LogP contribution in [0.1, 0.15) is 46.1 Å². The Labute approximate surface area is 122 Å². The molecule has 3 N–H and O–H groups in total. The van der Waals surface area contributed by atoms with Crippen molar-refractivity contribution in [2.24, 2.45) is 5.92 Å². The average molecular weight is 280 g/mol. The second kappa shape index (κ2) is 8.74. The van der Waals surface area contributed by atoms with Crippen molar-refractivity contribution in [1.82, 2.24) is 9.97 Å². The summed E-state index contributed by atoms with van der Waals surface area (Å²) >= 11 is 0. The normalized spacial score (nSPS) is 12.5. The lowest BCUT2D eigenvalue weighted by molar-refractivity contribution is 0.267. The minimum absolute atomic E-state index is 0.185. The largest absolute Gasteiger partial charge is 0.396 e. The molecule has 1 heterocycles. The maximum atomic E-state index is 9.19. The van der Waals surface area contributed by atoms with Crippen LogP contribution >= 0.6 is 0 Å². The zero-order valence-electron chi connectivity index (χ0n) is 13.1. The molecule has 1 unspecified atom stereocenters. The van der Waals surface area contributed by atoms with Gasteiger partial charge in [0, 0.05) is 24.8 Å². The van der Waals surface area contributed by atoms with Crippen molar-refractivity contribution in [2.75, 3.05) is 23.8 Å². The van der Waals surface area contributed by atoms with Gasteiger partial charge in [-0.25, -0.2) is 9.97 Å². The van der Waals surface area contributed by atoms with Crippen LogP contribution in [-0.4, -0.2) is 34.3 Å². The summed E-state index contributed by atoms with van der Waals surface area (Å²) in [6, 6.07) is 0.222. The zero-order valence-corrected chi connectivity index (χ0v) is 13.1. The number of anilines is 2. The molecule has 0 aromatic carbocycles. The third-order valence-corrected chi connectivity index (χ3v) is 3.36. The third-order valence-electron chi connectivity index (χ3n) is 3.36. The van der Waals surface area contributed by atoms with Crippen LogP contribution in [0.15, 0.2) is 6.33 Å². The molecule has 5 heteroatoms. The van der Waals surface area contributed by atoms with Gasteiger partial charge in [-0.2, -0.15) is 0 Å². The number of aliphatic hydroxyl groups excluding tert-OH is 1. The third kappa shape index (κ3) is 4.63. The SMILES string of the molecule is CCCc1c(NCC)ncnc1NC(CCO)C(C)C. The van der Waals surface area contributed by atoms with E-state index >= 15 is 0 Å². The average Bonchev–Trinajstić information content (AvgIpc) is 2.42. The van der Waals surface area contributed by atoms with Crippen molar-refractivity contribution in [2.45, 2.75) is 53.0 Å². The number of nitrogens with one attached hydrogen (secondary N) is 2. The van der Waals surface area contributed by atoms with Gasteiger partial charge < -0.3 is 15.7 Å². The number of aliphatic hydroxyl groups is 1. The van der Waals surface area contributed by atoms with Gasteiger partial charge in [-0.15, -0.1) is 0 Å². The van der Waals surface area contributed by atoms with E-state index in [-0.39, 0.29) is 12.6 Å². The standard InChI is InChI=1S/C15H28N4O/c1-5-7-12-14(16-6-2)17-10-18-15(12)19-13(8-9-20)11(3)4/h10-11,13,20H,5-9H2,1-4H3,(H2,16,17,18,19). The second-order valence-electron chi connectivity index (χ2n) is 5.34. The molecule has 20 heavy (non-hydrogen) atoms. The first kappa shape index (κ1) is 16.7. The second-order valence-corrected chi connectivity index (χ2v) is 5.34. The molecule has 1 aromatic rings. The molecule has 0 saturated heterocycles. The molecule has 5 nitrogen and oxygen atoms in total. The Bertz CT molecular complexity index is 395. The van der Waals surface area contributed by atoms with E-state index in [0.717, 1.165) is 43.0 Å². The van der Waals surface area contributed by atoms with Crippen molar-refractivity contribution in [3.63, 3.8) is 0 Å². The lowest BCUT2D eigenvalue weighted by Crippen LogP contribution is -2.28. The first-order valence-electron chi connectivity index (χ1n) is 7.59. The van der Waals surface area contributed by atoms with Crippen LogP contribution in [0.4, 0.5) is 11.6 Å². The predicted molar refractivity (Wildman–Crippen MR) is 84.1 cm³/mol. The molecular weight excluding hydrogens is 252 g/mol. The number of hydrogen-bond acceptors (Lipinski definition) is 5. The highest BCUT2D eigenvalue weighted by Gasteiger charge is 2.17. The molecule has 0 radical (unpaired) electrons. The molecule has 114 valence electrons. The highest BCUT2D eigenvalue weighted by molar-refractivity contribution is 5.57. The zero-order chi connectivity index (χ0) is 15.0. The lowest BCUT2D eigenvalue weighted by Gasteiger charge is -2.24. The summed E-state index contributed by atoms with van der Waals surface area (Å²) in [6.07, 6.45) is 4.31. The number of hydrogen-bond donors (Lipinski definition) is 3. The molecule has 0 saturated carbocycles. The van der Waals surface area contributed by atoms with Crippen LogP contribution in [-0.2, 0) is 6.42 Å². The van der Waals surface area contributed by atoms with Crippen LogP contribution in [0.5, 0.6) is 0 Å². The van der Waals surface area contributed by atoms with E-state index in [1.165, 1.54) is 0 Å². The first-order valence-corrected chi connectivity index (χ1v) is 7.59. The smallest absolute Gasteiger partial charge is 0.134 e. The molecule has 0 aliphatic carbocycles. The van der Waals surface area contributed by atoms with E-state index in [1.54, 1.807) is 6.33 Å². The summed E-state index contributed by atoms with van der Waals surface area (Å²) < 4.78 is 0. The van der Waals surface area contributed by atoms with E-state index in [9.17, 15) is 5.11 Å². The summed E-state index contributed by atoms with van der Waals surface area (Å²) in [7, 11) is 0. The van der Waals surface area contributed by atoms with Crippen LogP contribution in [0.2, 0.25) is 0 Å². The Morgan fingerprint density at radius 3 is 2.45 bits per heavy atom. The lowest BCUT2D eigenvalue weighted by atomic mass is 10.0. The summed E-state index contributed by atoms with van der Waals surface area (Å²) in [6.45, 7) is 9.55. The van der Waals surface area contributed by atoms with Gasteiger partial charge in [0.1, 0.15) is 18.0 Å². The van der Waals surface area contributed by atoms with Gasteiger partial charge in [-0.3, -0.25) is 0 Å². The fourth-order valence-electron chi connectivity index (χ4n) is 2.23. The summed E-state index contributed by atoms with van der Waals surface area (Å²) in [5.41, 5.74) is 1.14. The number of nitrogens with zero attached hydrogens (tertiary/aromatic N) is 2. The van der Waals surface area contributed by atoms with Crippen LogP contribution < -0.4 is 10.6 Å². The van der Waals surface area contributed by atoms with E-state index in [2.05, 4.69) is 48.3 Å². The number of aromatic nitrogens is 2. The highest BCUT2D eigenvalue weighted by atomic mass is 16.3. The molecule has 0 aliphatic rings. The van der Waals surface area contributed by atoms with Gasteiger partial charge in [0.05, 0.1) is 0 Å². The summed E-state index contributed by atoms with van der Waals surface area (Å²) in [4.78, 5) is 8.74. The van der Waals surface area contributed by atoms with Gasteiger partial charge in [0.2, 0.25) is 0 Å². The molecule has 1 atom stereocenters. The van der Waals surface area contributed by atoms with Gasteiger partial charge >= 0.3 is 0 Å². The molecule has 0 bridgehead atoms. The van der Waals surface area contributed by atoms with Crippen LogP contribution in [0.25, 0.3) is 0 Å². The van der Waals surface area contributed by atoms with E-state index < -0.39 is 0 Å². The Kier molecular flexibility index (Phi) is 7.30.